The second-order valence-corrected chi connectivity index (χ2v) is 4.80. The summed E-state index contributed by atoms with van der Waals surface area (Å²) in [5, 5.41) is 0.998. The Morgan fingerprint density at radius 1 is 1.39 bits per heavy atom. The van der Waals surface area contributed by atoms with Crippen LogP contribution in [-0.4, -0.2) is 28.9 Å². The average Bonchev–Trinajstić information content (AvgIpc) is 2.85. The summed E-state index contributed by atoms with van der Waals surface area (Å²) in [6.07, 6.45) is 4.00. The highest BCUT2D eigenvalue weighted by molar-refractivity contribution is 6.06. The summed E-state index contributed by atoms with van der Waals surface area (Å²) in [6, 6.07) is 8.04. The van der Waals surface area contributed by atoms with Crippen LogP contribution in [0.3, 0.4) is 0 Å². The minimum absolute atomic E-state index is 0.0983. The minimum Gasteiger partial charge on any atom is -0.361 e. The summed E-state index contributed by atoms with van der Waals surface area (Å²) in [5.74, 6) is 0.0983. The van der Waals surface area contributed by atoms with Gasteiger partial charge in [0.1, 0.15) is 0 Å². The van der Waals surface area contributed by atoms with Gasteiger partial charge in [0, 0.05) is 35.8 Å². The van der Waals surface area contributed by atoms with Gasteiger partial charge in [0.25, 0.3) is 5.91 Å². The fourth-order valence-electron chi connectivity index (χ4n) is 2.27. The van der Waals surface area contributed by atoms with Gasteiger partial charge in [-0.05, 0) is 31.5 Å². The number of hydrogen-bond acceptors (Lipinski definition) is 1. The van der Waals surface area contributed by atoms with E-state index in [0.717, 1.165) is 29.3 Å². The van der Waals surface area contributed by atoms with Gasteiger partial charge in [0.2, 0.25) is 0 Å². The van der Waals surface area contributed by atoms with Crippen molar-refractivity contribution < 1.29 is 4.79 Å². The normalized spacial score (nSPS) is 12.6. The summed E-state index contributed by atoms with van der Waals surface area (Å²) in [6.45, 7) is 4.24. The van der Waals surface area contributed by atoms with Crippen LogP contribution in [0.2, 0.25) is 0 Å². The predicted octanol–water partition coefficient (Wildman–Crippen LogP) is 3.43. The lowest BCUT2D eigenvalue weighted by Gasteiger charge is -2.25. The van der Waals surface area contributed by atoms with Crippen molar-refractivity contribution in [3.63, 3.8) is 0 Å². The van der Waals surface area contributed by atoms with Crippen LogP contribution in [0.1, 0.15) is 37.0 Å². The number of H-pyrrole nitrogens is 1. The van der Waals surface area contributed by atoms with Crippen molar-refractivity contribution in [1.29, 1.82) is 0 Å². The molecule has 0 saturated heterocycles. The fourth-order valence-corrected chi connectivity index (χ4v) is 2.27. The Bertz CT molecular complexity index is 544. The Morgan fingerprint density at radius 3 is 2.89 bits per heavy atom. The van der Waals surface area contributed by atoms with E-state index in [4.69, 9.17) is 0 Å². The molecule has 0 aliphatic heterocycles. The first-order valence-electron chi connectivity index (χ1n) is 6.48. The molecule has 2 aromatic rings. The SMILES string of the molecule is CCCC(C)N(C)C(=O)c1cccc2[nH]ccc12. The summed E-state index contributed by atoms with van der Waals surface area (Å²) < 4.78 is 0. The van der Waals surface area contributed by atoms with Gasteiger partial charge in [-0.3, -0.25) is 4.79 Å². The van der Waals surface area contributed by atoms with Crippen molar-refractivity contribution >= 4 is 16.8 Å². The van der Waals surface area contributed by atoms with E-state index in [0.29, 0.717) is 0 Å². The molecule has 3 nitrogen and oxygen atoms in total. The smallest absolute Gasteiger partial charge is 0.254 e. The van der Waals surface area contributed by atoms with Crippen molar-refractivity contribution in [2.45, 2.75) is 32.7 Å². The highest BCUT2D eigenvalue weighted by Crippen LogP contribution is 2.20. The Labute approximate surface area is 108 Å². The highest BCUT2D eigenvalue weighted by Gasteiger charge is 2.18. The molecule has 0 bridgehead atoms. The number of amides is 1. The van der Waals surface area contributed by atoms with Crippen LogP contribution in [0.25, 0.3) is 10.9 Å². The van der Waals surface area contributed by atoms with Gasteiger partial charge in [0.05, 0.1) is 0 Å². The van der Waals surface area contributed by atoms with E-state index in [9.17, 15) is 4.79 Å². The summed E-state index contributed by atoms with van der Waals surface area (Å²) >= 11 is 0. The van der Waals surface area contributed by atoms with Crippen LogP contribution in [0, 0.1) is 0 Å². The predicted molar refractivity (Wildman–Crippen MR) is 74.8 cm³/mol. The summed E-state index contributed by atoms with van der Waals surface area (Å²) in [5.41, 5.74) is 1.79. The van der Waals surface area contributed by atoms with Crippen LogP contribution < -0.4 is 0 Å². The molecule has 1 amide bonds. The molecule has 1 heterocycles. The molecule has 0 aliphatic rings. The first-order chi connectivity index (χ1) is 8.65. The third-order valence-electron chi connectivity index (χ3n) is 3.51. The highest BCUT2D eigenvalue weighted by atomic mass is 16.2. The number of nitrogens with one attached hydrogen (secondary N) is 1. The van der Waals surface area contributed by atoms with E-state index < -0.39 is 0 Å². The van der Waals surface area contributed by atoms with Crippen LogP contribution >= 0.6 is 0 Å². The van der Waals surface area contributed by atoms with Crippen LogP contribution in [0.5, 0.6) is 0 Å². The standard InChI is InChI=1S/C15H20N2O/c1-4-6-11(2)17(3)15(18)13-7-5-8-14-12(13)9-10-16-14/h5,7-11,16H,4,6H2,1-3H3. The molecular weight excluding hydrogens is 224 g/mol. The molecule has 0 fully saturated rings. The lowest BCUT2D eigenvalue weighted by molar-refractivity contribution is 0.0739. The molecule has 0 aliphatic carbocycles. The van der Waals surface area contributed by atoms with Gasteiger partial charge in [-0.2, -0.15) is 0 Å². The van der Waals surface area contributed by atoms with E-state index >= 15 is 0 Å². The van der Waals surface area contributed by atoms with Crippen molar-refractivity contribution in [2.75, 3.05) is 7.05 Å². The van der Waals surface area contributed by atoms with Gasteiger partial charge in [0.15, 0.2) is 0 Å². The Hall–Kier alpha value is -1.77. The van der Waals surface area contributed by atoms with E-state index in [2.05, 4.69) is 18.8 Å². The lowest BCUT2D eigenvalue weighted by Crippen LogP contribution is -2.35. The van der Waals surface area contributed by atoms with Gasteiger partial charge in [-0.1, -0.05) is 19.4 Å². The maximum Gasteiger partial charge on any atom is 0.254 e. The molecule has 1 N–H and O–H groups in total. The fraction of sp³-hybridized carbons (Fsp3) is 0.400. The zero-order chi connectivity index (χ0) is 13.1. The monoisotopic (exact) mass is 244 g/mol. The molecule has 1 aromatic heterocycles. The van der Waals surface area contributed by atoms with E-state index in [1.165, 1.54) is 0 Å². The maximum absolute atomic E-state index is 12.5. The van der Waals surface area contributed by atoms with Crippen molar-refractivity contribution in [1.82, 2.24) is 9.88 Å². The second kappa shape index (κ2) is 5.25. The van der Waals surface area contributed by atoms with Gasteiger partial charge >= 0.3 is 0 Å². The molecule has 96 valence electrons. The molecule has 0 saturated carbocycles. The number of nitrogens with zero attached hydrogens (tertiary/aromatic N) is 1. The van der Waals surface area contributed by atoms with Crippen LogP contribution in [0.4, 0.5) is 0 Å². The average molecular weight is 244 g/mol. The number of fused-ring (bicyclic) bond motifs is 1. The topological polar surface area (TPSA) is 36.1 Å². The summed E-state index contributed by atoms with van der Waals surface area (Å²) in [7, 11) is 1.88. The minimum atomic E-state index is 0.0983. The first-order valence-corrected chi connectivity index (χ1v) is 6.48. The number of rotatable bonds is 4. The maximum atomic E-state index is 12.5. The Balaban J connectivity index is 2.30. The Morgan fingerprint density at radius 2 is 2.17 bits per heavy atom. The largest absolute Gasteiger partial charge is 0.361 e. The molecule has 18 heavy (non-hydrogen) atoms. The van der Waals surface area contributed by atoms with E-state index in [1.807, 2.05) is 42.4 Å². The molecule has 0 radical (unpaired) electrons. The molecule has 1 aromatic carbocycles. The molecule has 1 unspecified atom stereocenters. The van der Waals surface area contributed by atoms with E-state index in [1.54, 1.807) is 0 Å². The van der Waals surface area contributed by atoms with Crippen molar-refractivity contribution in [3.05, 3.63) is 36.0 Å². The van der Waals surface area contributed by atoms with E-state index in [-0.39, 0.29) is 11.9 Å². The molecule has 0 spiro atoms. The van der Waals surface area contributed by atoms with Crippen molar-refractivity contribution in [2.24, 2.45) is 0 Å². The van der Waals surface area contributed by atoms with Gasteiger partial charge in [-0.25, -0.2) is 0 Å². The second-order valence-electron chi connectivity index (χ2n) is 4.80. The van der Waals surface area contributed by atoms with Crippen LogP contribution in [0.15, 0.2) is 30.5 Å². The number of carbonyl (C=O) groups is 1. The third-order valence-corrected chi connectivity index (χ3v) is 3.51. The van der Waals surface area contributed by atoms with Gasteiger partial charge in [-0.15, -0.1) is 0 Å². The molecule has 3 heteroatoms. The van der Waals surface area contributed by atoms with Crippen LogP contribution in [-0.2, 0) is 0 Å². The zero-order valence-electron chi connectivity index (χ0n) is 11.2. The number of benzene rings is 1. The lowest BCUT2D eigenvalue weighted by atomic mass is 10.1. The third kappa shape index (κ3) is 2.26. The Kier molecular flexibility index (Phi) is 3.70. The summed E-state index contributed by atoms with van der Waals surface area (Å²) in [4.78, 5) is 17.5. The molecular formula is C15H20N2O. The van der Waals surface area contributed by atoms with Gasteiger partial charge < -0.3 is 9.88 Å². The molecule has 2 rings (SSSR count). The zero-order valence-corrected chi connectivity index (χ0v) is 11.2. The number of carbonyl (C=O) groups excluding carboxylic acids is 1. The number of aromatic amines is 1. The first kappa shape index (κ1) is 12.7. The van der Waals surface area contributed by atoms with Crippen molar-refractivity contribution in [3.8, 4) is 0 Å². The molecule has 1 atom stereocenters. The number of hydrogen-bond donors (Lipinski definition) is 1. The number of aromatic nitrogens is 1. The quantitative estimate of drug-likeness (QED) is 0.878.